The number of hydrogen-bond donors (Lipinski definition) is 3. The zero-order chi connectivity index (χ0) is 25.4. The number of ether oxygens (including phenoxy) is 1. The third kappa shape index (κ3) is 6.46. The van der Waals surface area contributed by atoms with Crippen molar-refractivity contribution in [3.05, 3.63) is 81.0 Å². The van der Waals surface area contributed by atoms with E-state index in [1.165, 1.54) is 27.7 Å². The van der Waals surface area contributed by atoms with Crippen LogP contribution in [0.5, 0.6) is 5.75 Å². The zero-order valence-electron chi connectivity index (χ0n) is 19.2. The molecular weight excluding hydrogens is 460 g/mol. The van der Waals surface area contributed by atoms with Gasteiger partial charge in [0.25, 0.3) is 5.56 Å². The summed E-state index contributed by atoms with van der Waals surface area (Å²) in [6.45, 7) is -1.17. The largest absolute Gasteiger partial charge is 0.433 e. The van der Waals surface area contributed by atoms with Gasteiger partial charge in [0, 0.05) is 6.54 Å². The van der Waals surface area contributed by atoms with Crippen LogP contribution in [-0.2, 0) is 11.3 Å². The molecule has 0 saturated heterocycles. The number of nitrogen functional groups attached to an aromatic ring is 1. The lowest BCUT2D eigenvalue weighted by Gasteiger charge is -2.25. The van der Waals surface area contributed by atoms with Crippen LogP contribution in [0.1, 0.15) is 25.3 Å². The summed E-state index contributed by atoms with van der Waals surface area (Å²) in [5.41, 5.74) is 5.60. The lowest BCUT2D eigenvalue weighted by molar-refractivity contribution is -0.117. The molecular formula is C24H27F2N5O4. The van der Waals surface area contributed by atoms with Gasteiger partial charge >= 0.3 is 12.3 Å². The minimum absolute atomic E-state index is 0.0989. The van der Waals surface area contributed by atoms with Crippen molar-refractivity contribution in [2.75, 3.05) is 29.0 Å². The standard InChI is InChI=1S/C24H27F2N5O4/c1-2-3-13-30(19(32)14-28-17-11-7-8-12-18(17)35-23(25)26)20-21(27)31(24(34)29-22(20)33)15-16-9-5-4-6-10-16/h4-12,23,28H,2-3,13-15,27H2,1H3,(H,29,33,34). The van der Waals surface area contributed by atoms with Crippen molar-refractivity contribution in [2.24, 2.45) is 0 Å². The highest BCUT2D eigenvalue weighted by Crippen LogP contribution is 2.26. The molecule has 0 radical (unpaired) electrons. The number of nitrogens with one attached hydrogen (secondary N) is 2. The number of para-hydroxylation sites is 2. The number of rotatable bonds is 11. The van der Waals surface area contributed by atoms with Gasteiger partial charge in [0.05, 0.1) is 18.8 Å². The highest BCUT2D eigenvalue weighted by molar-refractivity contribution is 5.98. The Hall–Kier alpha value is -4.15. The number of carbonyl (C=O) groups is 1. The number of nitrogens with zero attached hydrogens (tertiary/aromatic N) is 2. The van der Waals surface area contributed by atoms with Crippen molar-refractivity contribution < 1.29 is 18.3 Å². The van der Waals surface area contributed by atoms with Crippen molar-refractivity contribution in [1.29, 1.82) is 0 Å². The van der Waals surface area contributed by atoms with Crippen molar-refractivity contribution in [2.45, 2.75) is 32.9 Å². The first kappa shape index (κ1) is 25.5. The molecule has 1 aromatic heterocycles. The average molecular weight is 488 g/mol. The number of benzene rings is 2. The van der Waals surface area contributed by atoms with Gasteiger partial charge in [-0.25, -0.2) is 4.79 Å². The number of alkyl halides is 2. The minimum atomic E-state index is -3.03. The van der Waals surface area contributed by atoms with Crippen LogP contribution < -0.4 is 31.9 Å². The molecule has 0 aliphatic rings. The molecule has 4 N–H and O–H groups in total. The molecule has 35 heavy (non-hydrogen) atoms. The molecule has 0 saturated carbocycles. The molecule has 0 bridgehead atoms. The van der Waals surface area contributed by atoms with E-state index in [4.69, 9.17) is 5.73 Å². The smallest absolute Gasteiger partial charge is 0.387 e. The number of amides is 1. The van der Waals surface area contributed by atoms with Crippen LogP contribution in [0.15, 0.2) is 64.2 Å². The Balaban J connectivity index is 1.92. The van der Waals surface area contributed by atoms with Crippen molar-refractivity contribution in [3.63, 3.8) is 0 Å². The number of nitrogens with two attached hydrogens (primary N) is 1. The highest BCUT2D eigenvalue weighted by atomic mass is 19.3. The van der Waals surface area contributed by atoms with Gasteiger partial charge in [0.1, 0.15) is 11.6 Å². The van der Waals surface area contributed by atoms with E-state index < -0.39 is 23.8 Å². The molecule has 3 rings (SSSR count). The van der Waals surface area contributed by atoms with Gasteiger partial charge in [-0.2, -0.15) is 8.78 Å². The summed E-state index contributed by atoms with van der Waals surface area (Å²) in [6, 6.07) is 15.0. The fourth-order valence-corrected chi connectivity index (χ4v) is 3.52. The summed E-state index contributed by atoms with van der Waals surface area (Å²) in [4.78, 5) is 41.9. The first-order chi connectivity index (χ1) is 16.8. The third-order valence-corrected chi connectivity index (χ3v) is 5.24. The van der Waals surface area contributed by atoms with Crippen LogP contribution in [0.25, 0.3) is 0 Å². The first-order valence-corrected chi connectivity index (χ1v) is 11.1. The van der Waals surface area contributed by atoms with E-state index in [1.54, 1.807) is 18.2 Å². The Kier molecular flexibility index (Phi) is 8.60. The van der Waals surface area contributed by atoms with E-state index in [2.05, 4.69) is 15.0 Å². The summed E-state index contributed by atoms with van der Waals surface area (Å²) in [6.07, 6.45) is 1.29. The van der Waals surface area contributed by atoms with E-state index in [0.29, 0.717) is 6.42 Å². The summed E-state index contributed by atoms with van der Waals surface area (Å²) in [5, 5.41) is 2.78. The zero-order valence-corrected chi connectivity index (χ0v) is 19.2. The van der Waals surface area contributed by atoms with Gasteiger partial charge in [-0.3, -0.25) is 19.1 Å². The summed E-state index contributed by atoms with van der Waals surface area (Å²) in [5.74, 6) is -0.801. The fourth-order valence-electron chi connectivity index (χ4n) is 3.52. The molecule has 0 atom stereocenters. The molecule has 3 aromatic rings. The number of anilines is 3. The normalized spacial score (nSPS) is 10.9. The van der Waals surface area contributed by atoms with Crippen molar-refractivity contribution in [1.82, 2.24) is 9.55 Å². The van der Waals surface area contributed by atoms with Crippen LogP contribution in [0.4, 0.5) is 26.0 Å². The van der Waals surface area contributed by atoms with Crippen LogP contribution >= 0.6 is 0 Å². The van der Waals surface area contributed by atoms with Gasteiger partial charge < -0.3 is 20.7 Å². The Morgan fingerprint density at radius 2 is 1.83 bits per heavy atom. The molecule has 0 spiro atoms. The molecule has 0 fully saturated rings. The summed E-state index contributed by atoms with van der Waals surface area (Å²) < 4.78 is 31.1. The van der Waals surface area contributed by atoms with Crippen LogP contribution in [0.2, 0.25) is 0 Å². The van der Waals surface area contributed by atoms with Crippen LogP contribution in [-0.4, -0.2) is 35.2 Å². The number of aromatic amines is 1. The quantitative estimate of drug-likeness (QED) is 0.382. The maximum absolute atomic E-state index is 13.2. The second-order valence-corrected chi connectivity index (χ2v) is 7.69. The molecule has 9 nitrogen and oxygen atoms in total. The lowest BCUT2D eigenvalue weighted by atomic mass is 10.2. The number of aromatic nitrogens is 2. The Morgan fingerprint density at radius 1 is 1.14 bits per heavy atom. The molecule has 11 heteroatoms. The first-order valence-electron chi connectivity index (χ1n) is 11.1. The van der Waals surface area contributed by atoms with E-state index >= 15 is 0 Å². The molecule has 1 heterocycles. The molecule has 1 amide bonds. The van der Waals surface area contributed by atoms with Gasteiger partial charge in [-0.1, -0.05) is 55.8 Å². The number of carbonyl (C=O) groups excluding carboxylic acids is 1. The molecule has 0 aliphatic heterocycles. The highest BCUT2D eigenvalue weighted by Gasteiger charge is 2.24. The Morgan fingerprint density at radius 3 is 2.51 bits per heavy atom. The Labute approximate surface area is 200 Å². The van der Waals surface area contributed by atoms with Gasteiger partial charge in [-0.05, 0) is 24.1 Å². The number of H-pyrrole nitrogens is 1. The summed E-state index contributed by atoms with van der Waals surface area (Å²) in [7, 11) is 0. The summed E-state index contributed by atoms with van der Waals surface area (Å²) >= 11 is 0. The van der Waals surface area contributed by atoms with Crippen molar-refractivity contribution in [3.8, 4) is 5.75 Å². The van der Waals surface area contributed by atoms with Crippen molar-refractivity contribution >= 4 is 23.1 Å². The topological polar surface area (TPSA) is 122 Å². The maximum Gasteiger partial charge on any atom is 0.387 e. The van der Waals surface area contributed by atoms with Gasteiger partial charge in [0.15, 0.2) is 5.69 Å². The molecule has 0 aliphatic carbocycles. The van der Waals surface area contributed by atoms with E-state index in [9.17, 15) is 23.2 Å². The lowest BCUT2D eigenvalue weighted by Crippen LogP contribution is -2.43. The number of halogens is 2. The van der Waals surface area contributed by atoms with E-state index in [-0.39, 0.29) is 42.6 Å². The molecule has 2 aromatic carbocycles. The second kappa shape index (κ2) is 11.8. The monoisotopic (exact) mass is 487 g/mol. The second-order valence-electron chi connectivity index (χ2n) is 7.69. The Bertz CT molecular complexity index is 1260. The molecule has 0 unspecified atom stereocenters. The fraction of sp³-hybridized carbons (Fsp3) is 0.292. The predicted molar refractivity (Wildman–Crippen MR) is 130 cm³/mol. The minimum Gasteiger partial charge on any atom is -0.433 e. The van der Waals surface area contributed by atoms with Crippen LogP contribution in [0.3, 0.4) is 0 Å². The maximum atomic E-state index is 13.2. The predicted octanol–water partition coefficient (Wildman–Crippen LogP) is 3.01. The SMILES string of the molecule is CCCCN(C(=O)CNc1ccccc1OC(F)F)c1c(N)n(Cc2ccccc2)c(=O)[nH]c1=O. The third-order valence-electron chi connectivity index (χ3n) is 5.24. The number of hydrogen-bond acceptors (Lipinski definition) is 6. The number of unbranched alkanes of at least 4 members (excludes halogenated alkanes) is 1. The van der Waals surface area contributed by atoms with Gasteiger partial charge in [-0.15, -0.1) is 0 Å². The van der Waals surface area contributed by atoms with Gasteiger partial charge in [0.2, 0.25) is 5.91 Å². The van der Waals surface area contributed by atoms with E-state index in [1.807, 2.05) is 25.1 Å². The van der Waals surface area contributed by atoms with Crippen LogP contribution in [0, 0.1) is 0 Å². The van der Waals surface area contributed by atoms with E-state index in [0.717, 1.165) is 12.0 Å². The average Bonchev–Trinajstić information content (AvgIpc) is 2.83. The molecule has 186 valence electrons.